The number of anilines is 1. The van der Waals surface area contributed by atoms with Gasteiger partial charge in [-0.2, -0.15) is 0 Å². The zero-order valence-corrected chi connectivity index (χ0v) is 11.4. The molecule has 19 heavy (non-hydrogen) atoms. The predicted molar refractivity (Wildman–Crippen MR) is 77.8 cm³/mol. The number of nitrogens with one attached hydrogen (secondary N) is 1. The van der Waals surface area contributed by atoms with Crippen molar-refractivity contribution in [2.75, 3.05) is 25.0 Å². The third-order valence-corrected chi connectivity index (χ3v) is 3.61. The van der Waals surface area contributed by atoms with Crippen LogP contribution in [0, 0.1) is 18.3 Å². The number of benzene rings is 1. The monoisotopic (exact) mass is 256 g/mol. The molecule has 1 fully saturated rings. The lowest BCUT2D eigenvalue weighted by molar-refractivity contribution is -0.130. The van der Waals surface area contributed by atoms with E-state index in [0.29, 0.717) is 6.54 Å². The number of carbonyl (C=O) groups excluding carboxylic acids is 1. The van der Waals surface area contributed by atoms with Crippen LogP contribution in [0.25, 0.3) is 0 Å². The third-order valence-electron chi connectivity index (χ3n) is 3.61. The van der Waals surface area contributed by atoms with Crippen LogP contribution in [0.3, 0.4) is 0 Å². The number of carbonyl (C=O) groups is 1. The van der Waals surface area contributed by atoms with Crippen molar-refractivity contribution in [1.82, 2.24) is 4.90 Å². The summed E-state index contributed by atoms with van der Waals surface area (Å²) >= 11 is 0. The molecule has 0 spiro atoms. The molecule has 1 aromatic rings. The van der Waals surface area contributed by atoms with Crippen LogP contribution in [-0.2, 0) is 4.79 Å². The largest absolute Gasteiger partial charge is 0.376 e. The van der Waals surface area contributed by atoms with Gasteiger partial charge in [-0.3, -0.25) is 4.79 Å². The van der Waals surface area contributed by atoms with Gasteiger partial charge in [-0.1, -0.05) is 18.9 Å². The number of nitrogens with zero attached hydrogens (tertiary/aromatic N) is 1. The SMILES string of the molecule is C#Cc1cccc(NCC(=O)N2CCC(C)CC2)c1. The highest BCUT2D eigenvalue weighted by molar-refractivity contribution is 5.81. The van der Waals surface area contributed by atoms with E-state index >= 15 is 0 Å². The average molecular weight is 256 g/mol. The summed E-state index contributed by atoms with van der Waals surface area (Å²) in [5.41, 5.74) is 1.72. The molecule has 0 aromatic heterocycles. The van der Waals surface area contributed by atoms with E-state index in [9.17, 15) is 4.79 Å². The highest BCUT2D eigenvalue weighted by Crippen LogP contribution is 2.16. The van der Waals surface area contributed by atoms with E-state index in [2.05, 4.69) is 18.2 Å². The van der Waals surface area contributed by atoms with Crippen LogP contribution in [0.15, 0.2) is 24.3 Å². The third kappa shape index (κ3) is 3.75. The first-order valence-corrected chi connectivity index (χ1v) is 6.77. The van der Waals surface area contributed by atoms with Crippen molar-refractivity contribution < 1.29 is 4.79 Å². The normalized spacial score (nSPS) is 15.9. The van der Waals surface area contributed by atoms with E-state index < -0.39 is 0 Å². The molecule has 0 aliphatic carbocycles. The number of hydrogen-bond donors (Lipinski definition) is 1. The molecule has 1 amide bonds. The summed E-state index contributed by atoms with van der Waals surface area (Å²) in [6, 6.07) is 7.57. The first-order valence-electron chi connectivity index (χ1n) is 6.77. The molecule has 0 saturated carbocycles. The first-order chi connectivity index (χ1) is 9.19. The van der Waals surface area contributed by atoms with Gasteiger partial charge in [0.05, 0.1) is 6.54 Å². The Morgan fingerprint density at radius 3 is 2.89 bits per heavy atom. The highest BCUT2D eigenvalue weighted by atomic mass is 16.2. The molecule has 0 radical (unpaired) electrons. The maximum absolute atomic E-state index is 12.1. The molecule has 100 valence electrons. The van der Waals surface area contributed by atoms with Gasteiger partial charge in [0, 0.05) is 24.3 Å². The Kier molecular flexibility index (Phi) is 4.46. The van der Waals surface area contributed by atoms with Gasteiger partial charge in [-0.05, 0) is 37.0 Å². The molecule has 3 heteroatoms. The smallest absolute Gasteiger partial charge is 0.241 e. The lowest BCUT2D eigenvalue weighted by Gasteiger charge is -2.30. The van der Waals surface area contributed by atoms with Crippen LogP contribution in [0.4, 0.5) is 5.69 Å². The fourth-order valence-corrected chi connectivity index (χ4v) is 2.27. The molecule has 1 heterocycles. The summed E-state index contributed by atoms with van der Waals surface area (Å²) < 4.78 is 0. The molecule has 0 unspecified atom stereocenters. The topological polar surface area (TPSA) is 32.3 Å². The van der Waals surface area contributed by atoms with E-state index in [0.717, 1.165) is 43.1 Å². The molecular weight excluding hydrogens is 236 g/mol. The van der Waals surface area contributed by atoms with Gasteiger partial charge in [0.2, 0.25) is 5.91 Å². The van der Waals surface area contributed by atoms with Crippen LogP contribution in [-0.4, -0.2) is 30.4 Å². The first kappa shape index (κ1) is 13.5. The maximum Gasteiger partial charge on any atom is 0.241 e. The number of piperidine rings is 1. The van der Waals surface area contributed by atoms with E-state index in [1.54, 1.807) is 0 Å². The highest BCUT2D eigenvalue weighted by Gasteiger charge is 2.19. The van der Waals surface area contributed by atoms with Crippen molar-refractivity contribution in [2.45, 2.75) is 19.8 Å². The summed E-state index contributed by atoms with van der Waals surface area (Å²) in [6.45, 7) is 4.34. The Balaban J connectivity index is 1.84. The summed E-state index contributed by atoms with van der Waals surface area (Å²) in [5.74, 6) is 3.49. The fourth-order valence-electron chi connectivity index (χ4n) is 2.27. The molecule has 1 saturated heterocycles. The molecule has 1 aliphatic heterocycles. The van der Waals surface area contributed by atoms with Crippen molar-refractivity contribution in [3.8, 4) is 12.3 Å². The second-order valence-corrected chi connectivity index (χ2v) is 5.14. The molecule has 0 bridgehead atoms. The van der Waals surface area contributed by atoms with Crippen molar-refractivity contribution in [2.24, 2.45) is 5.92 Å². The van der Waals surface area contributed by atoms with E-state index in [1.165, 1.54) is 0 Å². The Morgan fingerprint density at radius 1 is 1.47 bits per heavy atom. The van der Waals surface area contributed by atoms with Gasteiger partial charge < -0.3 is 10.2 Å². The zero-order valence-electron chi connectivity index (χ0n) is 11.4. The lowest BCUT2D eigenvalue weighted by atomic mass is 9.99. The summed E-state index contributed by atoms with van der Waals surface area (Å²) in [4.78, 5) is 14.0. The average Bonchev–Trinajstić information content (AvgIpc) is 2.46. The summed E-state index contributed by atoms with van der Waals surface area (Å²) in [7, 11) is 0. The number of hydrogen-bond acceptors (Lipinski definition) is 2. The van der Waals surface area contributed by atoms with Gasteiger partial charge in [-0.25, -0.2) is 0 Å². The minimum atomic E-state index is 0.165. The minimum absolute atomic E-state index is 0.165. The van der Waals surface area contributed by atoms with Crippen LogP contribution < -0.4 is 5.32 Å². The van der Waals surface area contributed by atoms with Crippen LogP contribution >= 0.6 is 0 Å². The molecule has 0 atom stereocenters. The van der Waals surface area contributed by atoms with E-state index in [4.69, 9.17) is 6.42 Å². The Hall–Kier alpha value is -1.95. The predicted octanol–water partition coefficient (Wildman–Crippen LogP) is 2.34. The number of rotatable bonds is 3. The van der Waals surface area contributed by atoms with Crippen LogP contribution in [0.2, 0.25) is 0 Å². The van der Waals surface area contributed by atoms with Gasteiger partial charge in [-0.15, -0.1) is 6.42 Å². The van der Waals surface area contributed by atoms with Gasteiger partial charge in [0.15, 0.2) is 0 Å². The van der Waals surface area contributed by atoms with Crippen molar-refractivity contribution in [1.29, 1.82) is 0 Å². The maximum atomic E-state index is 12.1. The molecule has 1 aromatic carbocycles. The number of terminal acetylenes is 1. The fraction of sp³-hybridized carbons (Fsp3) is 0.438. The van der Waals surface area contributed by atoms with Crippen LogP contribution in [0.1, 0.15) is 25.3 Å². The minimum Gasteiger partial charge on any atom is -0.376 e. The summed E-state index contributed by atoms with van der Waals surface area (Å²) in [6.07, 6.45) is 7.57. The van der Waals surface area contributed by atoms with Gasteiger partial charge >= 0.3 is 0 Å². The molecular formula is C16H20N2O. The molecule has 1 aliphatic rings. The van der Waals surface area contributed by atoms with Gasteiger partial charge in [0.25, 0.3) is 0 Å². The van der Waals surface area contributed by atoms with E-state index in [-0.39, 0.29) is 5.91 Å². The Morgan fingerprint density at radius 2 is 2.21 bits per heavy atom. The quantitative estimate of drug-likeness (QED) is 0.842. The Bertz CT molecular complexity index is 482. The number of likely N-dealkylation sites (tertiary alicyclic amines) is 1. The van der Waals surface area contributed by atoms with Gasteiger partial charge in [0.1, 0.15) is 0 Å². The summed E-state index contributed by atoms with van der Waals surface area (Å²) in [5, 5.41) is 3.14. The second-order valence-electron chi connectivity index (χ2n) is 5.14. The van der Waals surface area contributed by atoms with Crippen molar-refractivity contribution in [3.63, 3.8) is 0 Å². The lowest BCUT2D eigenvalue weighted by Crippen LogP contribution is -2.40. The molecule has 2 rings (SSSR count). The standard InChI is InChI=1S/C16H20N2O/c1-3-14-5-4-6-15(11-14)17-12-16(19)18-9-7-13(2)8-10-18/h1,4-6,11,13,17H,7-10,12H2,2H3. The van der Waals surface area contributed by atoms with Crippen LogP contribution in [0.5, 0.6) is 0 Å². The Labute approximate surface area is 115 Å². The molecule has 1 N–H and O–H groups in total. The second kappa shape index (κ2) is 6.29. The van der Waals surface area contributed by atoms with Crippen molar-refractivity contribution in [3.05, 3.63) is 29.8 Å². The van der Waals surface area contributed by atoms with E-state index in [1.807, 2.05) is 29.2 Å². The number of amides is 1. The zero-order chi connectivity index (χ0) is 13.7. The van der Waals surface area contributed by atoms with Crippen molar-refractivity contribution >= 4 is 11.6 Å². The molecule has 3 nitrogen and oxygen atoms in total.